The van der Waals surface area contributed by atoms with Gasteiger partial charge in [-0.1, -0.05) is 6.07 Å². The molecular formula is C12H15F5N2. The predicted molar refractivity (Wildman–Crippen MR) is 61.1 cm³/mol. The molecule has 0 aliphatic heterocycles. The van der Waals surface area contributed by atoms with Gasteiger partial charge in [0.05, 0.1) is 0 Å². The standard InChI is InChI=1S/C12H15F5N2/c13-10-4-3-8(7-11(10)14)6-9(19-18)2-1-5-12(15,16)17/h3-4,7,9,19H,1-2,5-6,18H2. The van der Waals surface area contributed by atoms with Gasteiger partial charge in [0.2, 0.25) is 0 Å². The van der Waals surface area contributed by atoms with Gasteiger partial charge < -0.3 is 0 Å². The predicted octanol–water partition coefficient (Wildman–Crippen LogP) is 3.07. The van der Waals surface area contributed by atoms with Gasteiger partial charge >= 0.3 is 6.18 Å². The summed E-state index contributed by atoms with van der Waals surface area (Å²) in [4.78, 5) is 0. The molecule has 0 radical (unpaired) electrons. The summed E-state index contributed by atoms with van der Waals surface area (Å²) in [5, 5.41) is 0. The molecule has 0 aromatic heterocycles. The van der Waals surface area contributed by atoms with Crippen LogP contribution in [0.15, 0.2) is 18.2 Å². The number of hydrazine groups is 1. The lowest BCUT2D eigenvalue weighted by Crippen LogP contribution is -2.37. The highest BCUT2D eigenvalue weighted by atomic mass is 19.4. The van der Waals surface area contributed by atoms with Crippen LogP contribution in [0.2, 0.25) is 0 Å². The Morgan fingerprint density at radius 1 is 1.16 bits per heavy atom. The van der Waals surface area contributed by atoms with Crippen LogP contribution in [0.4, 0.5) is 22.0 Å². The van der Waals surface area contributed by atoms with Gasteiger partial charge in [0, 0.05) is 12.5 Å². The second-order valence-electron chi connectivity index (χ2n) is 4.32. The molecule has 108 valence electrons. The lowest BCUT2D eigenvalue weighted by Gasteiger charge is -2.16. The Bertz CT molecular complexity index is 406. The summed E-state index contributed by atoms with van der Waals surface area (Å²) in [5.74, 6) is 3.30. The van der Waals surface area contributed by atoms with Crippen molar-refractivity contribution in [3.63, 3.8) is 0 Å². The average molecular weight is 282 g/mol. The second-order valence-corrected chi connectivity index (χ2v) is 4.32. The third kappa shape index (κ3) is 5.98. The number of rotatable bonds is 6. The van der Waals surface area contributed by atoms with Crippen LogP contribution in [0, 0.1) is 11.6 Å². The van der Waals surface area contributed by atoms with Crippen LogP contribution >= 0.6 is 0 Å². The van der Waals surface area contributed by atoms with Crippen LogP contribution in [0.3, 0.4) is 0 Å². The fourth-order valence-electron chi connectivity index (χ4n) is 1.74. The van der Waals surface area contributed by atoms with E-state index >= 15 is 0 Å². The molecule has 0 aliphatic rings. The zero-order valence-corrected chi connectivity index (χ0v) is 10.1. The molecule has 0 saturated heterocycles. The Labute approximate surface area is 107 Å². The quantitative estimate of drug-likeness (QED) is 0.478. The Kier molecular flexibility index (Phi) is 5.68. The minimum absolute atomic E-state index is 0.0674. The molecule has 2 nitrogen and oxygen atoms in total. The molecule has 0 aliphatic carbocycles. The maximum absolute atomic E-state index is 13.0. The molecule has 1 rings (SSSR count). The summed E-state index contributed by atoms with van der Waals surface area (Å²) in [6.45, 7) is 0. The molecule has 19 heavy (non-hydrogen) atoms. The number of halogens is 5. The smallest absolute Gasteiger partial charge is 0.271 e. The summed E-state index contributed by atoms with van der Waals surface area (Å²) in [6, 6.07) is 2.97. The highest BCUT2D eigenvalue weighted by molar-refractivity contribution is 5.18. The van der Waals surface area contributed by atoms with Gasteiger partial charge in [0.25, 0.3) is 0 Å². The van der Waals surface area contributed by atoms with Gasteiger partial charge in [-0.15, -0.1) is 0 Å². The van der Waals surface area contributed by atoms with Crippen molar-refractivity contribution in [2.45, 2.75) is 37.9 Å². The average Bonchev–Trinajstić information content (AvgIpc) is 2.31. The van der Waals surface area contributed by atoms with Crippen LogP contribution in [0.25, 0.3) is 0 Å². The molecular weight excluding hydrogens is 267 g/mol. The minimum Gasteiger partial charge on any atom is -0.271 e. The zero-order chi connectivity index (χ0) is 14.5. The lowest BCUT2D eigenvalue weighted by molar-refractivity contribution is -0.135. The minimum atomic E-state index is -4.19. The molecule has 0 amide bonds. The SMILES string of the molecule is NNC(CCCC(F)(F)F)Cc1ccc(F)c(F)c1. The molecule has 3 N–H and O–H groups in total. The van der Waals surface area contributed by atoms with Crippen LogP contribution in [-0.4, -0.2) is 12.2 Å². The first kappa shape index (κ1) is 15.8. The molecule has 0 fully saturated rings. The Balaban J connectivity index is 2.49. The van der Waals surface area contributed by atoms with Gasteiger partial charge in [0.15, 0.2) is 11.6 Å². The molecule has 1 aromatic carbocycles. The molecule has 0 bridgehead atoms. The van der Waals surface area contributed by atoms with Crippen molar-refractivity contribution < 1.29 is 22.0 Å². The molecule has 0 heterocycles. The first-order valence-electron chi connectivity index (χ1n) is 5.78. The van der Waals surface area contributed by atoms with Crippen molar-refractivity contribution in [3.05, 3.63) is 35.4 Å². The van der Waals surface area contributed by atoms with E-state index in [1.807, 2.05) is 0 Å². The number of alkyl halides is 3. The van der Waals surface area contributed by atoms with E-state index in [1.54, 1.807) is 0 Å². The summed E-state index contributed by atoms with van der Waals surface area (Å²) >= 11 is 0. The van der Waals surface area contributed by atoms with Crippen molar-refractivity contribution >= 4 is 0 Å². The van der Waals surface area contributed by atoms with Crippen molar-refractivity contribution in [1.29, 1.82) is 0 Å². The van der Waals surface area contributed by atoms with Crippen LogP contribution in [0.5, 0.6) is 0 Å². The van der Waals surface area contributed by atoms with E-state index in [4.69, 9.17) is 5.84 Å². The monoisotopic (exact) mass is 282 g/mol. The number of hydrogen-bond acceptors (Lipinski definition) is 2. The van der Waals surface area contributed by atoms with Crippen LogP contribution in [-0.2, 0) is 6.42 Å². The van der Waals surface area contributed by atoms with E-state index in [0.29, 0.717) is 5.56 Å². The van der Waals surface area contributed by atoms with Gasteiger partial charge in [-0.3, -0.25) is 11.3 Å². The number of hydrogen-bond donors (Lipinski definition) is 2. The normalized spacial score (nSPS) is 13.6. The number of nitrogens with one attached hydrogen (secondary N) is 1. The fourth-order valence-corrected chi connectivity index (χ4v) is 1.74. The number of benzene rings is 1. The summed E-state index contributed by atoms with van der Waals surface area (Å²) in [5.41, 5.74) is 2.87. The Morgan fingerprint density at radius 2 is 1.84 bits per heavy atom. The van der Waals surface area contributed by atoms with Crippen molar-refractivity contribution in [2.24, 2.45) is 5.84 Å². The van der Waals surface area contributed by atoms with Crippen molar-refractivity contribution in [1.82, 2.24) is 5.43 Å². The molecule has 0 spiro atoms. The van der Waals surface area contributed by atoms with Gasteiger partial charge in [-0.25, -0.2) is 8.78 Å². The Hall–Kier alpha value is -1.21. The van der Waals surface area contributed by atoms with E-state index in [0.717, 1.165) is 12.1 Å². The van der Waals surface area contributed by atoms with E-state index in [2.05, 4.69) is 5.43 Å². The maximum atomic E-state index is 13.0. The first-order valence-corrected chi connectivity index (χ1v) is 5.78. The third-order valence-corrected chi connectivity index (χ3v) is 2.71. The van der Waals surface area contributed by atoms with Crippen molar-refractivity contribution in [2.75, 3.05) is 0 Å². The summed E-state index contributed by atoms with van der Waals surface area (Å²) < 4.78 is 61.7. The Morgan fingerprint density at radius 3 is 2.37 bits per heavy atom. The molecule has 7 heteroatoms. The summed E-state index contributed by atoms with van der Waals surface area (Å²) in [7, 11) is 0. The maximum Gasteiger partial charge on any atom is 0.389 e. The van der Waals surface area contributed by atoms with Gasteiger partial charge in [-0.05, 0) is 37.0 Å². The van der Waals surface area contributed by atoms with E-state index in [-0.39, 0.29) is 19.3 Å². The highest BCUT2D eigenvalue weighted by Crippen LogP contribution is 2.23. The lowest BCUT2D eigenvalue weighted by atomic mass is 10.0. The second kappa shape index (κ2) is 6.81. The molecule has 0 saturated carbocycles. The van der Waals surface area contributed by atoms with Crippen LogP contribution < -0.4 is 11.3 Å². The molecule has 1 aromatic rings. The van der Waals surface area contributed by atoms with Crippen molar-refractivity contribution in [3.8, 4) is 0 Å². The van der Waals surface area contributed by atoms with E-state index < -0.39 is 30.3 Å². The first-order chi connectivity index (χ1) is 8.81. The third-order valence-electron chi connectivity index (χ3n) is 2.71. The van der Waals surface area contributed by atoms with Crippen LogP contribution in [0.1, 0.15) is 24.8 Å². The number of nitrogens with two attached hydrogens (primary N) is 1. The van der Waals surface area contributed by atoms with Gasteiger partial charge in [0.1, 0.15) is 0 Å². The largest absolute Gasteiger partial charge is 0.389 e. The molecule has 1 unspecified atom stereocenters. The molecule has 1 atom stereocenters. The highest BCUT2D eigenvalue weighted by Gasteiger charge is 2.26. The zero-order valence-electron chi connectivity index (χ0n) is 10.1. The topological polar surface area (TPSA) is 38.0 Å². The van der Waals surface area contributed by atoms with Gasteiger partial charge in [-0.2, -0.15) is 13.2 Å². The van der Waals surface area contributed by atoms with E-state index in [9.17, 15) is 22.0 Å². The summed E-state index contributed by atoms with van der Waals surface area (Å²) in [6.07, 6.45) is -4.70. The van der Waals surface area contributed by atoms with E-state index in [1.165, 1.54) is 6.07 Å². The fraction of sp³-hybridized carbons (Fsp3) is 0.500.